The van der Waals surface area contributed by atoms with E-state index >= 15 is 0 Å². The maximum atomic E-state index is 13.4. The summed E-state index contributed by atoms with van der Waals surface area (Å²) in [5.41, 5.74) is 2.18. The van der Waals surface area contributed by atoms with Gasteiger partial charge in [-0.25, -0.2) is 8.78 Å². The highest BCUT2D eigenvalue weighted by atomic mass is 19.2. The van der Waals surface area contributed by atoms with Gasteiger partial charge in [0.1, 0.15) is 0 Å². The summed E-state index contributed by atoms with van der Waals surface area (Å²) in [4.78, 5) is 18.3. The maximum Gasteiger partial charge on any atom is 0.246 e. The molecule has 1 heterocycles. The van der Waals surface area contributed by atoms with Gasteiger partial charge in [-0.1, -0.05) is 30.3 Å². The molecule has 0 aliphatic heterocycles. The number of pyridine rings is 1. The van der Waals surface area contributed by atoms with Crippen molar-refractivity contribution in [2.75, 3.05) is 7.05 Å². The molecule has 3 rings (SSSR count). The summed E-state index contributed by atoms with van der Waals surface area (Å²) >= 11 is 0. The standard InChI is InChI=1S/C21H18F2N2O/c1-14(17-8-10-18(22)19(23)13-17)25(2)20(26)11-9-16-6-3-5-15-7-4-12-24-21(15)16/h3-14H,1-2H3/b11-9+. The minimum absolute atomic E-state index is 0.241. The fraction of sp³-hybridized carbons (Fsp3) is 0.143. The summed E-state index contributed by atoms with van der Waals surface area (Å²) in [6.07, 6.45) is 4.88. The number of likely N-dealkylation sites (N-methyl/N-ethyl adjacent to an activating group) is 1. The third-order valence-corrected chi connectivity index (χ3v) is 4.42. The molecule has 26 heavy (non-hydrogen) atoms. The summed E-state index contributed by atoms with van der Waals surface area (Å²) < 4.78 is 26.5. The zero-order valence-electron chi connectivity index (χ0n) is 14.5. The quantitative estimate of drug-likeness (QED) is 0.635. The molecule has 5 heteroatoms. The van der Waals surface area contributed by atoms with Crippen LogP contribution in [0.1, 0.15) is 24.1 Å². The second-order valence-electron chi connectivity index (χ2n) is 6.05. The molecule has 0 fully saturated rings. The molecule has 3 nitrogen and oxygen atoms in total. The summed E-state index contributed by atoms with van der Waals surface area (Å²) in [7, 11) is 1.62. The molecule has 0 aliphatic rings. The van der Waals surface area contributed by atoms with E-state index in [4.69, 9.17) is 0 Å². The lowest BCUT2D eigenvalue weighted by Gasteiger charge is -2.24. The van der Waals surface area contributed by atoms with Crippen molar-refractivity contribution in [1.82, 2.24) is 9.88 Å². The average Bonchev–Trinajstić information content (AvgIpc) is 2.67. The van der Waals surface area contributed by atoms with Crippen LogP contribution < -0.4 is 0 Å². The molecule has 0 radical (unpaired) electrons. The fourth-order valence-corrected chi connectivity index (χ4v) is 2.73. The molecule has 0 spiro atoms. The second-order valence-corrected chi connectivity index (χ2v) is 6.05. The number of halogens is 2. The van der Waals surface area contributed by atoms with E-state index in [2.05, 4.69) is 4.98 Å². The van der Waals surface area contributed by atoms with Gasteiger partial charge in [-0.3, -0.25) is 9.78 Å². The van der Waals surface area contributed by atoms with Crippen LogP contribution in [-0.2, 0) is 4.79 Å². The zero-order valence-corrected chi connectivity index (χ0v) is 14.5. The number of benzene rings is 2. The van der Waals surface area contributed by atoms with Crippen molar-refractivity contribution >= 4 is 22.9 Å². The smallest absolute Gasteiger partial charge is 0.246 e. The van der Waals surface area contributed by atoms with Gasteiger partial charge < -0.3 is 4.90 Å². The SMILES string of the molecule is CC(c1ccc(F)c(F)c1)N(C)C(=O)/C=C/c1cccc2cccnc12. The molecule has 1 aromatic heterocycles. The number of para-hydroxylation sites is 1. The number of carbonyl (C=O) groups is 1. The normalized spacial score (nSPS) is 12.5. The summed E-state index contributed by atoms with van der Waals surface area (Å²) in [5, 5.41) is 0.991. The van der Waals surface area contributed by atoms with Crippen molar-refractivity contribution in [2.24, 2.45) is 0 Å². The third kappa shape index (κ3) is 3.61. The molecular weight excluding hydrogens is 334 g/mol. The molecule has 0 N–H and O–H groups in total. The first-order chi connectivity index (χ1) is 12.5. The Morgan fingerprint density at radius 3 is 2.65 bits per heavy atom. The van der Waals surface area contributed by atoms with Crippen LogP contribution in [0.2, 0.25) is 0 Å². The van der Waals surface area contributed by atoms with Crippen LogP contribution in [0.5, 0.6) is 0 Å². The molecule has 1 amide bonds. The molecule has 2 aromatic carbocycles. The van der Waals surface area contributed by atoms with Gasteiger partial charge in [-0.05, 0) is 36.8 Å². The fourth-order valence-electron chi connectivity index (χ4n) is 2.73. The van der Waals surface area contributed by atoms with Crippen LogP contribution in [0.25, 0.3) is 17.0 Å². The van der Waals surface area contributed by atoms with Crippen LogP contribution in [-0.4, -0.2) is 22.8 Å². The monoisotopic (exact) mass is 352 g/mol. The Labute approximate surface area is 150 Å². The van der Waals surface area contributed by atoms with Crippen molar-refractivity contribution in [3.8, 4) is 0 Å². The highest BCUT2D eigenvalue weighted by Crippen LogP contribution is 2.22. The number of hydrogen-bond acceptors (Lipinski definition) is 2. The van der Waals surface area contributed by atoms with Gasteiger partial charge in [-0.2, -0.15) is 0 Å². The Bertz CT molecular complexity index is 979. The predicted octanol–water partition coefficient (Wildman–Crippen LogP) is 4.75. The average molecular weight is 352 g/mol. The maximum absolute atomic E-state index is 13.4. The number of aromatic nitrogens is 1. The molecule has 3 aromatic rings. The second kappa shape index (κ2) is 7.44. The lowest BCUT2D eigenvalue weighted by atomic mass is 10.1. The molecule has 0 saturated heterocycles. The Hall–Kier alpha value is -3.08. The molecule has 0 bridgehead atoms. The number of rotatable bonds is 4. The highest BCUT2D eigenvalue weighted by Gasteiger charge is 2.17. The van der Waals surface area contributed by atoms with Gasteiger partial charge in [0.05, 0.1) is 11.6 Å². The van der Waals surface area contributed by atoms with Crippen molar-refractivity contribution in [3.05, 3.63) is 83.6 Å². The van der Waals surface area contributed by atoms with Crippen molar-refractivity contribution in [3.63, 3.8) is 0 Å². The van der Waals surface area contributed by atoms with Crippen molar-refractivity contribution in [1.29, 1.82) is 0 Å². The van der Waals surface area contributed by atoms with E-state index in [-0.39, 0.29) is 5.91 Å². The van der Waals surface area contributed by atoms with E-state index < -0.39 is 17.7 Å². The molecule has 1 atom stereocenters. The van der Waals surface area contributed by atoms with Crippen molar-refractivity contribution < 1.29 is 13.6 Å². The van der Waals surface area contributed by atoms with E-state index in [0.717, 1.165) is 28.6 Å². The number of carbonyl (C=O) groups excluding carboxylic acids is 1. The van der Waals surface area contributed by atoms with Crippen molar-refractivity contribution in [2.45, 2.75) is 13.0 Å². The first-order valence-electron chi connectivity index (χ1n) is 8.21. The Morgan fingerprint density at radius 2 is 1.88 bits per heavy atom. The number of amides is 1. The highest BCUT2D eigenvalue weighted by molar-refractivity contribution is 5.95. The minimum atomic E-state index is -0.924. The molecule has 132 valence electrons. The van der Waals surface area contributed by atoms with Crippen LogP contribution in [0.3, 0.4) is 0 Å². The number of hydrogen-bond donors (Lipinski definition) is 0. The predicted molar refractivity (Wildman–Crippen MR) is 98.3 cm³/mol. The van der Waals surface area contributed by atoms with E-state index in [1.807, 2.05) is 30.3 Å². The summed E-state index contributed by atoms with van der Waals surface area (Å²) in [6, 6.07) is 12.8. The van der Waals surface area contributed by atoms with E-state index in [1.54, 1.807) is 26.2 Å². The first kappa shape index (κ1) is 17.7. The Balaban J connectivity index is 1.79. The molecular formula is C21H18F2N2O. The van der Waals surface area contributed by atoms with Crippen LogP contribution in [0.15, 0.2) is 60.8 Å². The van der Waals surface area contributed by atoms with Gasteiger partial charge in [0.25, 0.3) is 0 Å². The van der Waals surface area contributed by atoms with E-state index in [0.29, 0.717) is 5.56 Å². The zero-order chi connectivity index (χ0) is 18.7. The largest absolute Gasteiger partial charge is 0.335 e. The summed E-state index contributed by atoms with van der Waals surface area (Å²) in [6.45, 7) is 1.76. The molecule has 0 saturated carbocycles. The van der Waals surface area contributed by atoms with Gasteiger partial charge in [0.15, 0.2) is 11.6 Å². The van der Waals surface area contributed by atoms with Crippen LogP contribution in [0, 0.1) is 11.6 Å². The van der Waals surface area contributed by atoms with E-state index in [9.17, 15) is 13.6 Å². The van der Waals surface area contributed by atoms with Gasteiger partial charge in [0.2, 0.25) is 5.91 Å². The lowest BCUT2D eigenvalue weighted by Crippen LogP contribution is -2.28. The lowest BCUT2D eigenvalue weighted by molar-refractivity contribution is -0.126. The van der Waals surface area contributed by atoms with E-state index in [1.165, 1.54) is 17.0 Å². The van der Waals surface area contributed by atoms with Gasteiger partial charge in [0, 0.05) is 30.3 Å². The topological polar surface area (TPSA) is 33.2 Å². The Morgan fingerprint density at radius 1 is 1.12 bits per heavy atom. The summed E-state index contributed by atoms with van der Waals surface area (Å²) in [5.74, 6) is -2.07. The first-order valence-corrected chi connectivity index (χ1v) is 8.21. The van der Waals surface area contributed by atoms with Gasteiger partial charge in [-0.15, -0.1) is 0 Å². The Kier molecular flexibility index (Phi) is 5.07. The van der Waals surface area contributed by atoms with Crippen LogP contribution in [0.4, 0.5) is 8.78 Å². The third-order valence-electron chi connectivity index (χ3n) is 4.42. The minimum Gasteiger partial charge on any atom is -0.335 e. The number of nitrogens with zero attached hydrogens (tertiary/aromatic N) is 2. The molecule has 1 unspecified atom stereocenters. The van der Waals surface area contributed by atoms with Crippen LogP contribution >= 0.6 is 0 Å². The van der Waals surface area contributed by atoms with Gasteiger partial charge >= 0.3 is 0 Å². The molecule has 0 aliphatic carbocycles. The number of fused-ring (bicyclic) bond motifs is 1.